The highest BCUT2D eigenvalue weighted by Crippen LogP contribution is 2.05. The van der Waals surface area contributed by atoms with E-state index >= 15 is 0 Å². The summed E-state index contributed by atoms with van der Waals surface area (Å²) in [6.07, 6.45) is 1.34. The SMILES string of the molecule is CCc1cc(=O)c(C(=O)OC)c(CC)[nH]1. The second-order valence-electron chi connectivity index (χ2n) is 3.21. The summed E-state index contributed by atoms with van der Waals surface area (Å²) in [5.74, 6) is -0.573. The minimum atomic E-state index is -0.573. The molecule has 1 aromatic heterocycles. The van der Waals surface area contributed by atoms with Crippen molar-refractivity contribution in [2.75, 3.05) is 7.11 Å². The molecule has 0 saturated carbocycles. The summed E-state index contributed by atoms with van der Waals surface area (Å²) < 4.78 is 4.57. The summed E-state index contributed by atoms with van der Waals surface area (Å²) in [5.41, 5.74) is 1.34. The van der Waals surface area contributed by atoms with E-state index in [0.717, 1.165) is 12.1 Å². The number of hydrogen-bond donors (Lipinski definition) is 1. The molecule has 0 saturated heterocycles. The monoisotopic (exact) mass is 209 g/mol. The molecule has 0 unspecified atom stereocenters. The van der Waals surface area contributed by atoms with Crippen molar-refractivity contribution in [3.63, 3.8) is 0 Å². The number of carbonyl (C=O) groups is 1. The second-order valence-corrected chi connectivity index (χ2v) is 3.21. The summed E-state index contributed by atoms with van der Waals surface area (Å²) in [4.78, 5) is 26.1. The number of aryl methyl sites for hydroxylation is 2. The van der Waals surface area contributed by atoms with Crippen molar-refractivity contribution >= 4 is 5.97 Å². The molecule has 0 aromatic carbocycles. The molecule has 0 fully saturated rings. The standard InChI is InChI=1S/C11H15NO3/c1-4-7-6-9(13)10(11(14)15-3)8(5-2)12-7/h6H,4-5H2,1-3H3,(H,12,13). The molecule has 82 valence electrons. The molecule has 1 heterocycles. The van der Waals surface area contributed by atoms with E-state index in [2.05, 4.69) is 9.72 Å². The molecule has 4 nitrogen and oxygen atoms in total. The van der Waals surface area contributed by atoms with Crippen LogP contribution in [0, 0.1) is 0 Å². The van der Waals surface area contributed by atoms with Gasteiger partial charge in [0, 0.05) is 17.5 Å². The number of methoxy groups -OCH3 is 1. The number of rotatable bonds is 3. The van der Waals surface area contributed by atoms with Crippen LogP contribution in [0.5, 0.6) is 0 Å². The zero-order chi connectivity index (χ0) is 11.4. The topological polar surface area (TPSA) is 59.2 Å². The van der Waals surface area contributed by atoms with Crippen molar-refractivity contribution in [1.29, 1.82) is 0 Å². The number of nitrogens with one attached hydrogen (secondary N) is 1. The van der Waals surface area contributed by atoms with Crippen molar-refractivity contribution in [1.82, 2.24) is 4.98 Å². The van der Waals surface area contributed by atoms with Crippen molar-refractivity contribution in [3.05, 3.63) is 33.2 Å². The Bertz CT molecular complexity index is 420. The Morgan fingerprint density at radius 1 is 1.40 bits per heavy atom. The summed E-state index contributed by atoms with van der Waals surface area (Å²) >= 11 is 0. The molecular formula is C11H15NO3. The number of hydrogen-bond acceptors (Lipinski definition) is 3. The third kappa shape index (κ3) is 2.26. The van der Waals surface area contributed by atoms with Gasteiger partial charge in [-0.15, -0.1) is 0 Å². The molecule has 1 aromatic rings. The smallest absolute Gasteiger partial charge is 0.343 e. The van der Waals surface area contributed by atoms with Crippen LogP contribution in [0.4, 0.5) is 0 Å². The number of esters is 1. The maximum Gasteiger partial charge on any atom is 0.343 e. The fourth-order valence-corrected chi connectivity index (χ4v) is 1.45. The van der Waals surface area contributed by atoms with Gasteiger partial charge in [-0.2, -0.15) is 0 Å². The molecule has 0 bridgehead atoms. The van der Waals surface area contributed by atoms with Crippen LogP contribution in [0.3, 0.4) is 0 Å². The summed E-state index contributed by atoms with van der Waals surface area (Å²) in [7, 11) is 1.27. The van der Waals surface area contributed by atoms with Crippen LogP contribution in [0.25, 0.3) is 0 Å². The fraction of sp³-hybridized carbons (Fsp3) is 0.455. The number of ether oxygens (including phenoxy) is 1. The molecule has 0 amide bonds. The first-order valence-electron chi connectivity index (χ1n) is 4.97. The lowest BCUT2D eigenvalue weighted by Gasteiger charge is -2.07. The van der Waals surface area contributed by atoms with Gasteiger partial charge >= 0.3 is 5.97 Å². The highest BCUT2D eigenvalue weighted by Gasteiger charge is 2.16. The van der Waals surface area contributed by atoms with Crippen LogP contribution in [-0.2, 0) is 17.6 Å². The lowest BCUT2D eigenvalue weighted by molar-refractivity contribution is 0.0597. The van der Waals surface area contributed by atoms with Gasteiger partial charge in [-0.3, -0.25) is 4.79 Å². The molecular weight excluding hydrogens is 194 g/mol. The largest absolute Gasteiger partial charge is 0.465 e. The predicted octanol–water partition coefficient (Wildman–Crippen LogP) is 1.29. The van der Waals surface area contributed by atoms with Gasteiger partial charge in [0.1, 0.15) is 5.56 Å². The Labute approximate surface area is 88.3 Å². The summed E-state index contributed by atoms with van der Waals surface area (Å²) in [6.45, 7) is 3.83. The van der Waals surface area contributed by atoms with E-state index in [1.165, 1.54) is 13.2 Å². The highest BCUT2D eigenvalue weighted by molar-refractivity contribution is 5.90. The van der Waals surface area contributed by atoms with Crippen molar-refractivity contribution in [3.8, 4) is 0 Å². The van der Waals surface area contributed by atoms with Crippen LogP contribution < -0.4 is 5.43 Å². The Balaban J connectivity index is 3.38. The van der Waals surface area contributed by atoms with Crippen molar-refractivity contribution < 1.29 is 9.53 Å². The lowest BCUT2D eigenvalue weighted by Crippen LogP contribution is -2.21. The number of aromatic amines is 1. The zero-order valence-electron chi connectivity index (χ0n) is 9.22. The molecule has 1 N–H and O–H groups in total. The molecule has 0 atom stereocenters. The molecule has 0 radical (unpaired) electrons. The van der Waals surface area contributed by atoms with Gasteiger partial charge in [-0.05, 0) is 12.8 Å². The third-order valence-electron chi connectivity index (χ3n) is 2.29. The van der Waals surface area contributed by atoms with Crippen LogP contribution >= 0.6 is 0 Å². The number of H-pyrrole nitrogens is 1. The quantitative estimate of drug-likeness (QED) is 0.763. The average Bonchev–Trinajstić information content (AvgIpc) is 2.26. The zero-order valence-corrected chi connectivity index (χ0v) is 9.22. The molecule has 1 rings (SSSR count). The summed E-state index contributed by atoms with van der Waals surface area (Å²) in [5, 5.41) is 0. The number of pyridine rings is 1. The van der Waals surface area contributed by atoms with Gasteiger partial charge in [0.05, 0.1) is 7.11 Å². The molecule has 0 aliphatic carbocycles. The molecule has 0 aliphatic heterocycles. The molecule has 0 spiro atoms. The molecule has 0 aliphatic rings. The Morgan fingerprint density at radius 2 is 2.07 bits per heavy atom. The van der Waals surface area contributed by atoms with E-state index in [9.17, 15) is 9.59 Å². The predicted molar refractivity (Wildman–Crippen MR) is 57.2 cm³/mol. The summed E-state index contributed by atoms with van der Waals surface area (Å²) in [6, 6.07) is 1.45. The van der Waals surface area contributed by atoms with Crippen molar-refractivity contribution in [2.45, 2.75) is 26.7 Å². The first-order chi connectivity index (χ1) is 7.13. The third-order valence-corrected chi connectivity index (χ3v) is 2.29. The van der Waals surface area contributed by atoms with Crippen LogP contribution in [-0.4, -0.2) is 18.1 Å². The molecule has 4 heteroatoms. The van der Waals surface area contributed by atoms with E-state index in [-0.39, 0.29) is 11.0 Å². The maximum absolute atomic E-state index is 11.7. The minimum Gasteiger partial charge on any atom is -0.465 e. The fourth-order valence-electron chi connectivity index (χ4n) is 1.45. The van der Waals surface area contributed by atoms with Gasteiger partial charge in [0.15, 0.2) is 5.43 Å². The first-order valence-corrected chi connectivity index (χ1v) is 4.97. The highest BCUT2D eigenvalue weighted by atomic mass is 16.5. The number of aromatic nitrogens is 1. The van der Waals surface area contributed by atoms with Crippen molar-refractivity contribution in [2.24, 2.45) is 0 Å². The van der Waals surface area contributed by atoms with E-state index < -0.39 is 5.97 Å². The Kier molecular flexibility index (Phi) is 3.66. The van der Waals surface area contributed by atoms with E-state index in [1.807, 2.05) is 13.8 Å². The van der Waals surface area contributed by atoms with E-state index in [0.29, 0.717) is 12.1 Å². The van der Waals surface area contributed by atoms with Crippen LogP contribution in [0.1, 0.15) is 35.6 Å². The van der Waals surface area contributed by atoms with Gasteiger partial charge < -0.3 is 9.72 Å². The van der Waals surface area contributed by atoms with Gasteiger partial charge in [0.25, 0.3) is 0 Å². The van der Waals surface area contributed by atoms with Gasteiger partial charge in [-0.25, -0.2) is 4.79 Å². The number of carbonyl (C=O) groups excluding carboxylic acids is 1. The van der Waals surface area contributed by atoms with Gasteiger partial charge in [0.2, 0.25) is 0 Å². The Hall–Kier alpha value is -1.58. The maximum atomic E-state index is 11.7. The minimum absolute atomic E-state index is 0.122. The van der Waals surface area contributed by atoms with Gasteiger partial charge in [-0.1, -0.05) is 13.8 Å². The molecule has 15 heavy (non-hydrogen) atoms. The Morgan fingerprint density at radius 3 is 2.53 bits per heavy atom. The first kappa shape index (κ1) is 11.5. The van der Waals surface area contributed by atoms with E-state index in [4.69, 9.17) is 0 Å². The normalized spacial score (nSPS) is 10.1. The average molecular weight is 209 g/mol. The van der Waals surface area contributed by atoms with Crippen LogP contribution in [0.2, 0.25) is 0 Å². The lowest BCUT2D eigenvalue weighted by atomic mass is 10.1. The van der Waals surface area contributed by atoms with Crippen LogP contribution in [0.15, 0.2) is 10.9 Å². The van der Waals surface area contributed by atoms with E-state index in [1.54, 1.807) is 0 Å². The second kappa shape index (κ2) is 4.77.